The Balaban J connectivity index is 4.34. The summed E-state index contributed by atoms with van der Waals surface area (Å²) in [6.45, 7) is 3.94. The third-order valence-electron chi connectivity index (χ3n) is 2.13. The molecule has 0 aromatic rings. The molecule has 0 amide bonds. The molecule has 0 fully saturated rings. The number of hydrogen-bond acceptors (Lipinski definition) is 2. The highest BCUT2D eigenvalue weighted by atomic mass is 35.5. The van der Waals surface area contributed by atoms with E-state index >= 15 is 0 Å². The molecule has 1 N–H and O–H groups in total. The van der Waals surface area contributed by atoms with Gasteiger partial charge in [0.15, 0.2) is 0 Å². The SMILES string of the molecule is CCC(Cl)CC=C(CC(Cl)CC)O[PH](=O)O. The van der Waals surface area contributed by atoms with Gasteiger partial charge in [0.2, 0.25) is 0 Å². The second kappa shape index (κ2) is 9.35. The molecule has 0 heterocycles. The molecule has 96 valence electrons. The fourth-order valence-corrected chi connectivity index (χ4v) is 1.70. The Bertz CT molecular complexity index is 246. The highest BCUT2D eigenvalue weighted by Crippen LogP contribution is 2.26. The highest BCUT2D eigenvalue weighted by Gasteiger charge is 2.10. The molecule has 0 rings (SSSR count). The molecule has 3 atom stereocenters. The first-order chi connectivity index (χ1) is 7.49. The van der Waals surface area contributed by atoms with Crippen molar-refractivity contribution in [2.75, 3.05) is 0 Å². The van der Waals surface area contributed by atoms with Gasteiger partial charge < -0.3 is 9.42 Å². The van der Waals surface area contributed by atoms with Crippen molar-refractivity contribution in [3.8, 4) is 0 Å². The predicted molar refractivity (Wildman–Crippen MR) is 69.5 cm³/mol. The Morgan fingerprint density at radius 1 is 1.38 bits per heavy atom. The molecule has 0 aliphatic rings. The van der Waals surface area contributed by atoms with Gasteiger partial charge in [-0.3, -0.25) is 0 Å². The van der Waals surface area contributed by atoms with Crippen LogP contribution in [0.15, 0.2) is 11.8 Å². The fourth-order valence-electron chi connectivity index (χ4n) is 1.07. The monoisotopic (exact) mass is 288 g/mol. The van der Waals surface area contributed by atoms with Crippen molar-refractivity contribution < 1.29 is 14.0 Å². The quantitative estimate of drug-likeness (QED) is 0.416. The summed E-state index contributed by atoms with van der Waals surface area (Å²) in [6.07, 6.45) is 4.47. The van der Waals surface area contributed by atoms with Crippen molar-refractivity contribution in [1.29, 1.82) is 0 Å². The summed E-state index contributed by atoms with van der Waals surface area (Å²) in [7, 11) is -2.96. The summed E-state index contributed by atoms with van der Waals surface area (Å²) in [5.41, 5.74) is 0. The van der Waals surface area contributed by atoms with Crippen molar-refractivity contribution in [1.82, 2.24) is 0 Å². The number of allylic oxidation sites excluding steroid dienone is 2. The van der Waals surface area contributed by atoms with Crippen LogP contribution in [0.4, 0.5) is 0 Å². The van der Waals surface area contributed by atoms with Crippen LogP contribution in [0, 0.1) is 0 Å². The first kappa shape index (κ1) is 16.3. The molecule has 0 radical (unpaired) electrons. The lowest BCUT2D eigenvalue weighted by molar-refractivity contribution is 0.337. The van der Waals surface area contributed by atoms with E-state index in [1.54, 1.807) is 6.08 Å². The van der Waals surface area contributed by atoms with Gasteiger partial charge in [-0.25, -0.2) is 4.57 Å². The minimum Gasteiger partial charge on any atom is -0.431 e. The summed E-state index contributed by atoms with van der Waals surface area (Å²) in [6, 6.07) is 0. The zero-order valence-electron chi connectivity index (χ0n) is 9.58. The normalized spacial score (nSPS) is 17.9. The summed E-state index contributed by atoms with van der Waals surface area (Å²) in [5.74, 6) is 0.465. The van der Waals surface area contributed by atoms with Crippen LogP contribution in [-0.4, -0.2) is 15.6 Å². The summed E-state index contributed by atoms with van der Waals surface area (Å²) in [4.78, 5) is 8.74. The second-order valence-electron chi connectivity index (χ2n) is 3.49. The van der Waals surface area contributed by atoms with Crippen LogP contribution in [0.2, 0.25) is 0 Å². The molecule has 0 aromatic heterocycles. The molecule has 0 aromatic carbocycles. The average Bonchev–Trinajstić information content (AvgIpc) is 2.24. The van der Waals surface area contributed by atoms with Crippen molar-refractivity contribution in [2.24, 2.45) is 0 Å². The van der Waals surface area contributed by atoms with Crippen LogP contribution in [0.1, 0.15) is 39.5 Å². The van der Waals surface area contributed by atoms with Gasteiger partial charge in [0.25, 0.3) is 0 Å². The number of alkyl halides is 2. The predicted octanol–water partition coefficient (Wildman–Crippen LogP) is 4.08. The van der Waals surface area contributed by atoms with Gasteiger partial charge in [-0.15, -0.1) is 23.2 Å². The molecule has 16 heavy (non-hydrogen) atoms. The second-order valence-corrected chi connectivity index (χ2v) is 5.46. The van der Waals surface area contributed by atoms with Gasteiger partial charge in [0.05, 0.1) is 0 Å². The van der Waals surface area contributed by atoms with Gasteiger partial charge in [-0.1, -0.05) is 13.8 Å². The largest absolute Gasteiger partial charge is 0.431 e. The zero-order chi connectivity index (χ0) is 12.6. The van der Waals surface area contributed by atoms with Crippen molar-refractivity contribution in [2.45, 2.75) is 50.3 Å². The van der Waals surface area contributed by atoms with Gasteiger partial charge in [-0.2, -0.15) is 0 Å². The smallest absolute Gasteiger partial charge is 0.364 e. The van der Waals surface area contributed by atoms with Crippen molar-refractivity contribution in [3.05, 3.63) is 11.8 Å². The van der Waals surface area contributed by atoms with Gasteiger partial charge in [-0.05, 0) is 25.3 Å². The summed E-state index contributed by atoms with van der Waals surface area (Å²) >= 11 is 11.9. The number of halogens is 2. The molecule has 6 heteroatoms. The maximum Gasteiger partial charge on any atom is 0.364 e. The Kier molecular flexibility index (Phi) is 9.53. The fraction of sp³-hybridized carbons (Fsp3) is 0.800. The van der Waals surface area contributed by atoms with E-state index in [1.165, 1.54) is 0 Å². The van der Waals surface area contributed by atoms with Crippen LogP contribution in [0.25, 0.3) is 0 Å². The first-order valence-electron chi connectivity index (χ1n) is 5.37. The molecule has 0 saturated carbocycles. The van der Waals surface area contributed by atoms with Crippen LogP contribution in [0.3, 0.4) is 0 Å². The van der Waals surface area contributed by atoms with E-state index in [4.69, 9.17) is 32.6 Å². The first-order valence-corrected chi connectivity index (χ1v) is 7.51. The Hall–Kier alpha value is 0.310. The zero-order valence-corrected chi connectivity index (χ0v) is 12.1. The lowest BCUT2D eigenvalue weighted by Crippen LogP contribution is -2.01. The van der Waals surface area contributed by atoms with Gasteiger partial charge in [0.1, 0.15) is 5.76 Å². The van der Waals surface area contributed by atoms with E-state index in [1.807, 2.05) is 13.8 Å². The average molecular weight is 289 g/mol. The maximum absolute atomic E-state index is 10.6. The summed E-state index contributed by atoms with van der Waals surface area (Å²) in [5, 5.41) is -0.0574. The maximum atomic E-state index is 10.6. The van der Waals surface area contributed by atoms with Gasteiger partial charge in [0, 0.05) is 17.2 Å². The standard InChI is InChI=1S/C10H19Cl2O3P/c1-3-8(11)5-6-10(15-16(13)14)7-9(12)4-2/h6,8-9,16H,3-5,7H2,1-2H3,(H,13,14). The topological polar surface area (TPSA) is 46.5 Å². The molecule has 0 bridgehead atoms. The van der Waals surface area contributed by atoms with E-state index in [2.05, 4.69) is 0 Å². The minimum atomic E-state index is -2.96. The third kappa shape index (κ3) is 8.46. The molecular formula is C10H19Cl2O3P. The highest BCUT2D eigenvalue weighted by molar-refractivity contribution is 7.32. The minimum absolute atomic E-state index is 0.0232. The molecule has 0 spiro atoms. The molecule has 3 unspecified atom stereocenters. The van der Waals surface area contributed by atoms with E-state index in [0.29, 0.717) is 18.6 Å². The van der Waals surface area contributed by atoms with Crippen molar-refractivity contribution >= 4 is 31.5 Å². The number of hydrogen-bond donors (Lipinski definition) is 1. The molecule has 3 nitrogen and oxygen atoms in total. The van der Waals surface area contributed by atoms with Crippen LogP contribution in [-0.2, 0) is 9.09 Å². The third-order valence-corrected chi connectivity index (χ3v) is 3.51. The Morgan fingerprint density at radius 2 is 1.94 bits per heavy atom. The molecule has 0 saturated heterocycles. The van der Waals surface area contributed by atoms with E-state index < -0.39 is 8.25 Å². The summed E-state index contributed by atoms with van der Waals surface area (Å²) < 4.78 is 15.5. The molecule has 0 aliphatic heterocycles. The Labute approximate surface area is 108 Å². The number of rotatable bonds is 8. The van der Waals surface area contributed by atoms with Crippen LogP contribution < -0.4 is 0 Å². The lowest BCUT2D eigenvalue weighted by atomic mass is 10.1. The van der Waals surface area contributed by atoms with Gasteiger partial charge >= 0.3 is 8.25 Å². The van der Waals surface area contributed by atoms with Crippen LogP contribution in [0.5, 0.6) is 0 Å². The Morgan fingerprint density at radius 3 is 2.38 bits per heavy atom. The lowest BCUT2D eigenvalue weighted by Gasteiger charge is -2.11. The van der Waals surface area contributed by atoms with Crippen LogP contribution >= 0.6 is 31.5 Å². The molecule has 0 aliphatic carbocycles. The van der Waals surface area contributed by atoms with E-state index in [0.717, 1.165) is 12.8 Å². The van der Waals surface area contributed by atoms with E-state index in [9.17, 15) is 4.57 Å². The van der Waals surface area contributed by atoms with Crippen molar-refractivity contribution in [3.63, 3.8) is 0 Å². The van der Waals surface area contributed by atoms with E-state index in [-0.39, 0.29) is 10.8 Å². The molecular weight excluding hydrogens is 270 g/mol.